The van der Waals surface area contributed by atoms with Crippen LogP contribution in [0.15, 0.2) is 49.1 Å². The van der Waals surface area contributed by atoms with Gasteiger partial charge in [-0.05, 0) is 51.4 Å². The Labute approximate surface area is 167 Å². The van der Waals surface area contributed by atoms with E-state index in [1.165, 1.54) is 5.56 Å². The van der Waals surface area contributed by atoms with Crippen LogP contribution in [0.3, 0.4) is 0 Å². The van der Waals surface area contributed by atoms with Crippen LogP contribution in [0.5, 0.6) is 0 Å². The van der Waals surface area contributed by atoms with E-state index in [0.717, 1.165) is 26.3 Å². The first-order valence-electron chi connectivity index (χ1n) is 8.86. The number of hydrogen-bond acceptors (Lipinski definition) is 3. The summed E-state index contributed by atoms with van der Waals surface area (Å²) in [5.41, 5.74) is 2.35. The molecule has 0 saturated heterocycles. The average Bonchev–Trinajstić information content (AvgIpc) is 3.13. The van der Waals surface area contributed by atoms with Gasteiger partial charge in [0.1, 0.15) is 6.10 Å². The van der Waals surface area contributed by atoms with Crippen LogP contribution in [0, 0.1) is 9.49 Å². The minimum absolute atomic E-state index is 0.167. The van der Waals surface area contributed by atoms with E-state index in [9.17, 15) is 4.79 Å². The summed E-state index contributed by atoms with van der Waals surface area (Å²) in [7, 11) is 0. The largest absolute Gasteiger partial charge is 0.455 e. The molecule has 0 N–H and O–H groups in total. The van der Waals surface area contributed by atoms with Crippen LogP contribution >= 0.6 is 22.6 Å². The van der Waals surface area contributed by atoms with Crippen molar-refractivity contribution in [2.75, 3.05) is 0 Å². The number of carbonyl (C=O) groups is 1. The summed E-state index contributed by atoms with van der Waals surface area (Å²) in [4.78, 5) is 16.5. The van der Waals surface area contributed by atoms with Crippen molar-refractivity contribution in [1.82, 2.24) is 9.55 Å². The van der Waals surface area contributed by atoms with Gasteiger partial charge in [0.2, 0.25) is 0 Å². The van der Waals surface area contributed by atoms with Crippen molar-refractivity contribution < 1.29 is 9.53 Å². The second-order valence-electron chi connectivity index (χ2n) is 6.71. The first-order valence-corrected chi connectivity index (χ1v) is 9.94. The smallest absolute Gasteiger partial charge is 0.309 e. The first kappa shape index (κ1) is 18.9. The number of benzene rings is 2. The normalized spacial score (nSPS) is 12.5. The lowest BCUT2D eigenvalue weighted by Gasteiger charge is -2.23. The quantitative estimate of drug-likeness (QED) is 0.376. The zero-order chi connectivity index (χ0) is 18.7. The maximum absolute atomic E-state index is 12.4. The van der Waals surface area contributed by atoms with Crippen molar-refractivity contribution in [2.45, 2.75) is 39.8 Å². The summed E-state index contributed by atoms with van der Waals surface area (Å²) in [6.07, 6.45) is 6.00. The lowest BCUT2D eigenvalue weighted by molar-refractivity contribution is -0.154. The predicted octanol–water partition coefficient (Wildman–Crippen LogP) is 5.14. The van der Waals surface area contributed by atoms with Gasteiger partial charge in [0, 0.05) is 21.5 Å². The van der Waals surface area contributed by atoms with E-state index in [4.69, 9.17) is 4.74 Å². The maximum atomic E-state index is 12.4. The number of nitrogens with zero attached hydrogens (tertiary/aromatic N) is 2. The lowest BCUT2D eigenvalue weighted by atomic mass is 9.97. The monoisotopic (exact) mass is 462 g/mol. The third-order valence-electron chi connectivity index (χ3n) is 4.47. The Kier molecular flexibility index (Phi) is 5.96. The van der Waals surface area contributed by atoms with Gasteiger partial charge < -0.3 is 9.30 Å². The second kappa shape index (κ2) is 8.20. The molecule has 136 valence electrons. The zero-order valence-electron chi connectivity index (χ0n) is 15.3. The Morgan fingerprint density at radius 3 is 2.69 bits per heavy atom. The number of aromatic nitrogens is 2. The van der Waals surface area contributed by atoms with Crippen LogP contribution in [0.1, 0.15) is 38.0 Å². The van der Waals surface area contributed by atoms with Gasteiger partial charge in [0.15, 0.2) is 0 Å². The Bertz CT molecular complexity index is 904. The molecule has 26 heavy (non-hydrogen) atoms. The second-order valence-corrected chi connectivity index (χ2v) is 7.87. The molecule has 0 aliphatic heterocycles. The van der Waals surface area contributed by atoms with Gasteiger partial charge in [-0.3, -0.25) is 4.79 Å². The minimum Gasteiger partial charge on any atom is -0.455 e. The molecule has 1 aromatic heterocycles. The molecule has 4 nitrogen and oxygen atoms in total. The summed E-state index contributed by atoms with van der Waals surface area (Å²) in [5, 5.41) is 2.31. The molecular weight excluding hydrogens is 439 g/mol. The van der Waals surface area contributed by atoms with Crippen LogP contribution in [0.2, 0.25) is 0 Å². The highest BCUT2D eigenvalue weighted by Crippen LogP contribution is 2.33. The van der Waals surface area contributed by atoms with Crippen LogP contribution in [0.4, 0.5) is 0 Å². The number of rotatable bonds is 6. The SMILES string of the molecule is CCc1ccc2ccc(I)c(C(Cn3ccnc3)OC(=O)C(C)C)c2c1. The van der Waals surface area contributed by atoms with E-state index in [1.807, 2.05) is 24.6 Å². The van der Waals surface area contributed by atoms with Gasteiger partial charge in [-0.15, -0.1) is 0 Å². The van der Waals surface area contributed by atoms with Crippen molar-refractivity contribution in [2.24, 2.45) is 5.92 Å². The van der Waals surface area contributed by atoms with Crippen LogP contribution in [-0.2, 0) is 22.5 Å². The van der Waals surface area contributed by atoms with Crippen molar-refractivity contribution in [1.29, 1.82) is 0 Å². The Hall–Kier alpha value is -1.89. The lowest BCUT2D eigenvalue weighted by Crippen LogP contribution is -2.20. The van der Waals surface area contributed by atoms with Gasteiger partial charge in [0.25, 0.3) is 0 Å². The number of ether oxygens (including phenoxy) is 1. The number of imidazole rings is 1. The van der Waals surface area contributed by atoms with E-state index < -0.39 is 0 Å². The highest BCUT2D eigenvalue weighted by Gasteiger charge is 2.24. The van der Waals surface area contributed by atoms with Gasteiger partial charge in [-0.25, -0.2) is 4.98 Å². The molecule has 0 aliphatic rings. The molecular formula is C21H23IN2O2. The van der Waals surface area contributed by atoms with E-state index >= 15 is 0 Å². The Balaban J connectivity index is 2.12. The fourth-order valence-corrected chi connectivity index (χ4v) is 3.78. The standard InChI is InChI=1S/C21H23IN2O2/c1-4-15-5-6-16-7-8-18(22)20(17(16)11-15)19(26-21(25)14(2)3)12-24-10-9-23-13-24/h5-11,13-14,19H,4,12H2,1-3H3. The third kappa shape index (κ3) is 4.09. The van der Waals surface area contributed by atoms with Crippen molar-refractivity contribution >= 4 is 39.3 Å². The molecule has 5 heteroatoms. The molecule has 1 unspecified atom stereocenters. The number of fused-ring (bicyclic) bond motifs is 1. The highest BCUT2D eigenvalue weighted by molar-refractivity contribution is 14.1. The molecule has 0 bridgehead atoms. The number of aryl methyl sites for hydroxylation is 1. The van der Waals surface area contributed by atoms with Crippen molar-refractivity contribution in [3.63, 3.8) is 0 Å². The summed E-state index contributed by atoms with van der Waals surface area (Å²) in [5.74, 6) is -0.353. The van der Waals surface area contributed by atoms with E-state index in [2.05, 4.69) is 64.8 Å². The van der Waals surface area contributed by atoms with E-state index in [0.29, 0.717) is 6.54 Å². The molecule has 0 amide bonds. The van der Waals surface area contributed by atoms with Crippen LogP contribution in [0.25, 0.3) is 10.8 Å². The first-order chi connectivity index (χ1) is 12.5. The van der Waals surface area contributed by atoms with Gasteiger partial charge in [-0.2, -0.15) is 0 Å². The molecule has 3 rings (SSSR count). The predicted molar refractivity (Wildman–Crippen MR) is 112 cm³/mol. The Morgan fingerprint density at radius 1 is 1.27 bits per heavy atom. The van der Waals surface area contributed by atoms with Crippen LogP contribution in [-0.4, -0.2) is 15.5 Å². The van der Waals surface area contributed by atoms with Gasteiger partial charge in [0.05, 0.1) is 18.8 Å². The Morgan fingerprint density at radius 2 is 2.04 bits per heavy atom. The van der Waals surface area contributed by atoms with Crippen molar-refractivity contribution in [3.05, 3.63) is 63.7 Å². The van der Waals surface area contributed by atoms with Crippen molar-refractivity contribution in [3.8, 4) is 0 Å². The summed E-state index contributed by atoms with van der Waals surface area (Å²) in [6, 6.07) is 10.7. The number of carbonyl (C=O) groups excluding carboxylic acids is 1. The molecule has 0 aliphatic carbocycles. The molecule has 0 saturated carbocycles. The third-order valence-corrected chi connectivity index (χ3v) is 5.41. The molecule has 0 radical (unpaired) electrons. The molecule has 2 aromatic carbocycles. The molecule has 1 atom stereocenters. The maximum Gasteiger partial charge on any atom is 0.309 e. The summed E-state index contributed by atoms with van der Waals surface area (Å²) < 4.78 is 9.00. The fraction of sp³-hybridized carbons (Fsp3) is 0.333. The fourth-order valence-electron chi connectivity index (χ4n) is 2.96. The zero-order valence-corrected chi connectivity index (χ0v) is 17.4. The number of hydrogen-bond donors (Lipinski definition) is 0. The van der Waals surface area contributed by atoms with Gasteiger partial charge in [-0.1, -0.05) is 45.0 Å². The summed E-state index contributed by atoms with van der Waals surface area (Å²) in [6.45, 7) is 6.42. The number of esters is 1. The number of halogens is 1. The summed E-state index contributed by atoms with van der Waals surface area (Å²) >= 11 is 2.34. The van der Waals surface area contributed by atoms with Gasteiger partial charge >= 0.3 is 5.97 Å². The van der Waals surface area contributed by atoms with E-state index in [-0.39, 0.29) is 18.0 Å². The average molecular weight is 462 g/mol. The highest BCUT2D eigenvalue weighted by atomic mass is 127. The molecule has 3 aromatic rings. The molecule has 0 fully saturated rings. The molecule has 0 spiro atoms. The van der Waals surface area contributed by atoms with Crippen LogP contribution < -0.4 is 0 Å². The van der Waals surface area contributed by atoms with E-state index in [1.54, 1.807) is 12.5 Å². The topological polar surface area (TPSA) is 44.1 Å². The minimum atomic E-state index is -0.359. The molecule has 1 heterocycles.